The summed E-state index contributed by atoms with van der Waals surface area (Å²) in [5, 5.41) is 0. The van der Waals surface area contributed by atoms with Gasteiger partial charge in [-0.1, -0.05) is 89.9 Å². The molecule has 0 amide bonds. The zero-order chi connectivity index (χ0) is 30.3. The molecule has 1 fully saturated rings. The van der Waals surface area contributed by atoms with Gasteiger partial charge in [0, 0.05) is 5.56 Å². The van der Waals surface area contributed by atoms with Crippen LogP contribution in [0.15, 0.2) is 24.3 Å². The Morgan fingerprint density at radius 2 is 1.31 bits per heavy atom. The zero-order valence-electron chi connectivity index (χ0n) is 25.0. The number of ether oxygens (including phenoxy) is 2. The van der Waals surface area contributed by atoms with Crippen molar-refractivity contribution >= 4 is 5.97 Å². The molecule has 0 aliphatic heterocycles. The van der Waals surface area contributed by atoms with Gasteiger partial charge in [-0.05, 0) is 62.3 Å². The average molecular weight is 589 g/mol. The number of unbranched alkanes of at least 4 members (excludes halogenated alkanes) is 8. The SMILES string of the molecule is CCCCCCCCCCOc1c(F)c(F)c(C#Cc2ccc(OC(=O)C3CCC(CCCC)CC3)cc2)c(F)c1F. The van der Waals surface area contributed by atoms with Crippen LogP contribution < -0.4 is 9.47 Å². The third kappa shape index (κ3) is 10.1. The summed E-state index contributed by atoms with van der Waals surface area (Å²) >= 11 is 0. The van der Waals surface area contributed by atoms with Crippen molar-refractivity contribution in [3.63, 3.8) is 0 Å². The first-order chi connectivity index (χ1) is 20.3. The van der Waals surface area contributed by atoms with Gasteiger partial charge in [-0.15, -0.1) is 0 Å². The third-order valence-corrected chi connectivity index (χ3v) is 8.02. The number of carbonyl (C=O) groups excluding carboxylic acids is 1. The molecule has 0 atom stereocenters. The Bertz CT molecular complexity index is 1160. The van der Waals surface area contributed by atoms with Crippen molar-refractivity contribution in [3.05, 3.63) is 58.7 Å². The van der Waals surface area contributed by atoms with E-state index in [9.17, 15) is 22.4 Å². The largest absolute Gasteiger partial charge is 0.487 e. The molecule has 3 nitrogen and oxygen atoms in total. The summed E-state index contributed by atoms with van der Waals surface area (Å²) in [5.74, 6) is -2.08. The molecule has 230 valence electrons. The highest BCUT2D eigenvalue weighted by Gasteiger charge is 2.28. The summed E-state index contributed by atoms with van der Waals surface area (Å²) in [6.45, 7) is 4.30. The molecule has 0 heterocycles. The van der Waals surface area contributed by atoms with Crippen LogP contribution in [-0.4, -0.2) is 12.6 Å². The number of rotatable bonds is 15. The van der Waals surface area contributed by atoms with Crippen molar-refractivity contribution in [2.75, 3.05) is 6.61 Å². The topological polar surface area (TPSA) is 35.5 Å². The Morgan fingerprint density at radius 1 is 0.738 bits per heavy atom. The molecule has 7 heteroatoms. The first-order valence-electron chi connectivity index (χ1n) is 15.7. The Morgan fingerprint density at radius 3 is 1.90 bits per heavy atom. The number of hydrogen-bond acceptors (Lipinski definition) is 3. The second kappa shape index (κ2) is 17.8. The van der Waals surface area contributed by atoms with E-state index in [1.54, 1.807) is 0 Å². The van der Waals surface area contributed by atoms with Gasteiger partial charge in [0.2, 0.25) is 11.6 Å². The minimum absolute atomic E-state index is 0.0378. The van der Waals surface area contributed by atoms with E-state index in [2.05, 4.69) is 25.7 Å². The molecule has 0 saturated heterocycles. The van der Waals surface area contributed by atoms with Gasteiger partial charge in [0.25, 0.3) is 0 Å². The van der Waals surface area contributed by atoms with E-state index >= 15 is 0 Å². The Labute approximate surface area is 248 Å². The maximum atomic E-state index is 14.6. The van der Waals surface area contributed by atoms with Gasteiger partial charge >= 0.3 is 5.97 Å². The highest BCUT2D eigenvalue weighted by Crippen LogP contribution is 2.33. The second-order valence-electron chi connectivity index (χ2n) is 11.3. The molecule has 1 aliphatic rings. The molecule has 0 radical (unpaired) electrons. The first-order valence-corrected chi connectivity index (χ1v) is 15.7. The van der Waals surface area contributed by atoms with Gasteiger partial charge in [-0.25, -0.2) is 8.78 Å². The lowest BCUT2D eigenvalue weighted by Gasteiger charge is -2.27. The monoisotopic (exact) mass is 588 g/mol. The fraction of sp³-hybridized carbons (Fsp3) is 0.571. The molecule has 0 N–H and O–H groups in total. The van der Waals surface area contributed by atoms with Crippen molar-refractivity contribution in [1.29, 1.82) is 0 Å². The second-order valence-corrected chi connectivity index (χ2v) is 11.3. The van der Waals surface area contributed by atoms with Gasteiger partial charge in [0.1, 0.15) is 11.3 Å². The van der Waals surface area contributed by atoms with Gasteiger partial charge in [-0.3, -0.25) is 4.79 Å². The molecule has 3 rings (SSSR count). The van der Waals surface area contributed by atoms with E-state index in [0.717, 1.165) is 51.4 Å². The molecular weight excluding hydrogens is 544 g/mol. The maximum absolute atomic E-state index is 14.6. The summed E-state index contributed by atoms with van der Waals surface area (Å²) in [7, 11) is 0. The predicted molar refractivity (Wildman–Crippen MR) is 157 cm³/mol. The quantitative estimate of drug-likeness (QED) is 0.0519. The molecule has 0 bridgehead atoms. The van der Waals surface area contributed by atoms with Gasteiger partial charge in [-0.2, -0.15) is 8.78 Å². The highest BCUT2D eigenvalue weighted by atomic mass is 19.2. The van der Waals surface area contributed by atoms with E-state index < -0.39 is 34.6 Å². The normalized spacial score (nSPS) is 16.5. The van der Waals surface area contributed by atoms with Crippen LogP contribution in [0, 0.1) is 46.9 Å². The van der Waals surface area contributed by atoms with E-state index in [1.165, 1.54) is 62.8 Å². The van der Waals surface area contributed by atoms with Crippen LogP contribution in [0.5, 0.6) is 11.5 Å². The summed E-state index contributed by atoms with van der Waals surface area (Å²) in [6.07, 6.45) is 15.4. The lowest BCUT2D eigenvalue weighted by molar-refractivity contribution is -0.140. The molecule has 0 spiro atoms. The zero-order valence-corrected chi connectivity index (χ0v) is 25.0. The van der Waals surface area contributed by atoms with Crippen LogP contribution in [0.3, 0.4) is 0 Å². The molecule has 1 saturated carbocycles. The minimum atomic E-state index is -1.60. The molecule has 2 aromatic rings. The van der Waals surface area contributed by atoms with Crippen molar-refractivity contribution < 1.29 is 31.8 Å². The highest BCUT2D eigenvalue weighted by molar-refractivity contribution is 5.75. The number of benzene rings is 2. The fourth-order valence-electron chi connectivity index (χ4n) is 5.38. The number of esters is 1. The Hall–Kier alpha value is -3.01. The minimum Gasteiger partial charge on any atom is -0.487 e. The molecule has 0 aromatic heterocycles. The van der Waals surface area contributed by atoms with Crippen LogP contribution in [0.4, 0.5) is 17.6 Å². The smallest absolute Gasteiger partial charge is 0.314 e. The average Bonchev–Trinajstić information content (AvgIpc) is 3.00. The van der Waals surface area contributed by atoms with Crippen molar-refractivity contribution in [2.45, 2.75) is 110 Å². The summed E-state index contributed by atoms with van der Waals surface area (Å²) in [5.41, 5.74) is -0.671. The Balaban J connectivity index is 1.53. The van der Waals surface area contributed by atoms with E-state index in [-0.39, 0.29) is 18.5 Å². The molecule has 0 unspecified atom stereocenters. The standard InChI is InChI=1S/C35H44F4O3/c1-3-5-7-8-9-10-11-12-24-41-34-32(38)30(36)29(31(37)33(34)39)23-18-26-16-21-28(22-17-26)42-35(40)27-19-14-25(15-20-27)13-6-4-2/h16-17,21-22,25,27H,3-15,19-20,24H2,1-2H3. The molecule has 1 aliphatic carbocycles. The molecule has 2 aromatic carbocycles. The van der Waals surface area contributed by atoms with Crippen molar-refractivity contribution in [2.24, 2.45) is 11.8 Å². The Kier molecular flexibility index (Phi) is 14.2. The fourth-order valence-corrected chi connectivity index (χ4v) is 5.38. The number of hydrogen-bond donors (Lipinski definition) is 0. The maximum Gasteiger partial charge on any atom is 0.314 e. The van der Waals surface area contributed by atoms with Crippen LogP contribution in [0.25, 0.3) is 0 Å². The lowest BCUT2D eigenvalue weighted by Crippen LogP contribution is -2.25. The van der Waals surface area contributed by atoms with E-state index in [1.807, 2.05) is 0 Å². The van der Waals surface area contributed by atoms with Crippen LogP contribution in [-0.2, 0) is 4.79 Å². The van der Waals surface area contributed by atoms with Crippen molar-refractivity contribution in [3.8, 4) is 23.3 Å². The third-order valence-electron chi connectivity index (χ3n) is 8.02. The van der Waals surface area contributed by atoms with Crippen molar-refractivity contribution in [1.82, 2.24) is 0 Å². The molecular formula is C35H44F4O3. The van der Waals surface area contributed by atoms with Crippen LogP contribution in [0.2, 0.25) is 0 Å². The van der Waals surface area contributed by atoms with Gasteiger partial charge < -0.3 is 9.47 Å². The molecule has 42 heavy (non-hydrogen) atoms. The predicted octanol–water partition coefficient (Wildman–Crippen LogP) is 10.1. The van der Waals surface area contributed by atoms with Gasteiger partial charge in [0.15, 0.2) is 17.4 Å². The summed E-state index contributed by atoms with van der Waals surface area (Å²) < 4.78 is 69.0. The van der Waals surface area contributed by atoms with E-state index in [0.29, 0.717) is 23.7 Å². The lowest BCUT2D eigenvalue weighted by atomic mass is 9.80. The number of halogens is 4. The van der Waals surface area contributed by atoms with Crippen LogP contribution in [0.1, 0.15) is 121 Å². The first kappa shape index (κ1) is 33.5. The summed E-state index contributed by atoms with van der Waals surface area (Å²) in [6, 6.07) is 6.10. The van der Waals surface area contributed by atoms with Crippen LogP contribution >= 0.6 is 0 Å². The van der Waals surface area contributed by atoms with E-state index in [4.69, 9.17) is 9.47 Å². The van der Waals surface area contributed by atoms with Gasteiger partial charge in [0.05, 0.1) is 12.5 Å². The number of carbonyl (C=O) groups is 1. The summed E-state index contributed by atoms with van der Waals surface area (Å²) in [4.78, 5) is 12.6.